The van der Waals surface area contributed by atoms with Gasteiger partial charge < -0.3 is 4.42 Å². The van der Waals surface area contributed by atoms with E-state index in [1.165, 1.54) is 4.90 Å². The van der Waals surface area contributed by atoms with Crippen LogP contribution in [-0.4, -0.2) is 16.0 Å². The largest absolute Gasteiger partial charge is 0.457 e. The zero-order valence-electron chi connectivity index (χ0n) is 14.1. The third-order valence-corrected chi connectivity index (χ3v) is 5.25. The van der Waals surface area contributed by atoms with Gasteiger partial charge in [0, 0.05) is 16.7 Å². The quantitative estimate of drug-likeness (QED) is 0.521. The Kier molecular flexibility index (Phi) is 4.88. The Balaban J connectivity index is 1.53. The SMILES string of the molecule is O=C1SC(=Cc2ccc(-c3ccc(Cl)cc3)o2)C(=O)N1Cc1ccccc1. The lowest BCUT2D eigenvalue weighted by atomic mass is 10.2. The normalized spacial score (nSPS) is 15.7. The van der Waals surface area contributed by atoms with Crippen molar-refractivity contribution in [3.05, 3.63) is 88.0 Å². The number of hydrogen-bond donors (Lipinski definition) is 0. The Bertz CT molecular complexity index is 1030. The van der Waals surface area contributed by atoms with Crippen LogP contribution in [-0.2, 0) is 11.3 Å². The molecule has 3 aromatic rings. The first-order chi connectivity index (χ1) is 13.1. The van der Waals surface area contributed by atoms with Crippen LogP contribution < -0.4 is 0 Å². The molecule has 0 spiro atoms. The number of carbonyl (C=O) groups excluding carboxylic acids is 2. The highest BCUT2D eigenvalue weighted by molar-refractivity contribution is 8.18. The van der Waals surface area contributed by atoms with Gasteiger partial charge in [0.15, 0.2) is 0 Å². The fraction of sp³-hybridized carbons (Fsp3) is 0.0476. The lowest BCUT2D eigenvalue weighted by molar-refractivity contribution is -0.123. The number of furan rings is 1. The predicted molar refractivity (Wildman–Crippen MR) is 107 cm³/mol. The average Bonchev–Trinajstić information content (AvgIpc) is 3.24. The van der Waals surface area contributed by atoms with Crippen LogP contribution in [0.4, 0.5) is 4.79 Å². The number of hydrogen-bond acceptors (Lipinski definition) is 4. The molecule has 1 aromatic heterocycles. The first kappa shape index (κ1) is 17.6. The highest BCUT2D eigenvalue weighted by Crippen LogP contribution is 2.34. The van der Waals surface area contributed by atoms with Crippen LogP contribution >= 0.6 is 23.4 Å². The number of thioether (sulfide) groups is 1. The molecule has 1 saturated heterocycles. The van der Waals surface area contributed by atoms with E-state index in [1.807, 2.05) is 48.5 Å². The van der Waals surface area contributed by atoms with E-state index in [-0.39, 0.29) is 17.7 Å². The molecule has 0 N–H and O–H groups in total. The van der Waals surface area contributed by atoms with Crippen LogP contribution in [0.25, 0.3) is 17.4 Å². The van der Waals surface area contributed by atoms with Crippen LogP contribution in [0.15, 0.2) is 76.1 Å². The Morgan fingerprint density at radius 1 is 0.963 bits per heavy atom. The molecule has 0 bridgehead atoms. The molecule has 0 saturated carbocycles. The predicted octanol–water partition coefficient (Wildman–Crippen LogP) is 5.84. The summed E-state index contributed by atoms with van der Waals surface area (Å²) in [4.78, 5) is 26.4. The van der Waals surface area contributed by atoms with Crippen LogP contribution in [0, 0.1) is 0 Å². The summed E-state index contributed by atoms with van der Waals surface area (Å²) in [5, 5.41) is 0.372. The van der Waals surface area contributed by atoms with Crippen molar-refractivity contribution in [1.82, 2.24) is 4.90 Å². The monoisotopic (exact) mass is 395 g/mol. The number of imide groups is 1. The second-order valence-corrected chi connectivity index (χ2v) is 7.39. The number of benzene rings is 2. The second kappa shape index (κ2) is 7.47. The molecule has 1 aliphatic heterocycles. The maximum absolute atomic E-state index is 12.6. The highest BCUT2D eigenvalue weighted by atomic mass is 35.5. The van der Waals surface area contributed by atoms with Gasteiger partial charge in [0.1, 0.15) is 11.5 Å². The van der Waals surface area contributed by atoms with Crippen LogP contribution in [0.3, 0.4) is 0 Å². The molecule has 0 radical (unpaired) electrons. The molecule has 1 aliphatic rings. The topological polar surface area (TPSA) is 50.5 Å². The number of nitrogens with zero attached hydrogens (tertiary/aromatic N) is 1. The fourth-order valence-corrected chi connectivity index (χ4v) is 3.68. The second-order valence-electron chi connectivity index (χ2n) is 5.96. The third kappa shape index (κ3) is 3.84. The molecular weight excluding hydrogens is 382 g/mol. The average molecular weight is 396 g/mol. The summed E-state index contributed by atoms with van der Waals surface area (Å²) in [5.74, 6) is 0.880. The molecule has 27 heavy (non-hydrogen) atoms. The first-order valence-electron chi connectivity index (χ1n) is 8.25. The van der Waals surface area contributed by atoms with Crippen molar-refractivity contribution in [3.63, 3.8) is 0 Å². The molecule has 4 rings (SSSR count). The molecular formula is C21H14ClNO3S. The maximum Gasteiger partial charge on any atom is 0.293 e. The Labute approximate surface area is 165 Å². The standard InChI is InChI=1S/C21H14ClNO3S/c22-16-8-6-15(7-9-16)18-11-10-17(26-18)12-19-20(24)23(21(25)27-19)13-14-4-2-1-3-5-14/h1-12H,13H2. The zero-order valence-corrected chi connectivity index (χ0v) is 15.7. The molecule has 6 heteroatoms. The van der Waals surface area contributed by atoms with E-state index in [0.717, 1.165) is 22.9 Å². The summed E-state index contributed by atoms with van der Waals surface area (Å²) in [6.07, 6.45) is 1.61. The van der Waals surface area contributed by atoms with Gasteiger partial charge in [-0.3, -0.25) is 14.5 Å². The van der Waals surface area contributed by atoms with E-state index < -0.39 is 0 Å². The summed E-state index contributed by atoms with van der Waals surface area (Å²) in [5.41, 5.74) is 1.79. The van der Waals surface area contributed by atoms with Crippen LogP contribution in [0.2, 0.25) is 5.02 Å². The molecule has 0 unspecified atom stereocenters. The summed E-state index contributed by atoms with van der Waals surface area (Å²) in [6, 6.07) is 20.3. The summed E-state index contributed by atoms with van der Waals surface area (Å²) in [6.45, 7) is 0.261. The van der Waals surface area contributed by atoms with Crippen molar-refractivity contribution in [2.45, 2.75) is 6.54 Å². The van der Waals surface area contributed by atoms with E-state index in [0.29, 0.717) is 21.4 Å². The highest BCUT2D eigenvalue weighted by Gasteiger charge is 2.35. The van der Waals surface area contributed by atoms with E-state index >= 15 is 0 Å². The minimum absolute atomic E-state index is 0.261. The van der Waals surface area contributed by atoms with Crippen molar-refractivity contribution in [3.8, 4) is 11.3 Å². The molecule has 0 aliphatic carbocycles. The van der Waals surface area contributed by atoms with Crippen molar-refractivity contribution in [2.24, 2.45) is 0 Å². The molecule has 134 valence electrons. The molecule has 2 heterocycles. The van der Waals surface area contributed by atoms with Crippen molar-refractivity contribution < 1.29 is 14.0 Å². The van der Waals surface area contributed by atoms with Gasteiger partial charge in [-0.25, -0.2) is 0 Å². The smallest absolute Gasteiger partial charge is 0.293 e. The molecule has 4 nitrogen and oxygen atoms in total. The molecule has 1 fully saturated rings. The Hall–Kier alpha value is -2.76. The van der Waals surface area contributed by atoms with Crippen molar-refractivity contribution >= 4 is 40.6 Å². The number of amides is 2. The van der Waals surface area contributed by atoms with Crippen molar-refractivity contribution in [1.29, 1.82) is 0 Å². The third-order valence-electron chi connectivity index (χ3n) is 4.09. The number of halogens is 1. The van der Waals surface area contributed by atoms with Gasteiger partial charge in [0.05, 0.1) is 11.4 Å². The fourth-order valence-electron chi connectivity index (χ4n) is 2.73. The zero-order chi connectivity index (χ0) is 18.8. The Morgan fingerprint density at radius 3 is 2.44 bits per heavy atom. The van der Waals surface area contributed by atoms with Crippen LogP contribution in [0.5, 0.6) is 0 Å². The van der Waals surface area contributed by atoms with Gasteiger partial charge in [-0.1, -0.05) is 41.9 Å². The van der Waals surface area contributed by atoms with Gasteiger partial charge in [0.2, 0.25) is 0 Å². The van der Waals surface area contributed by atoms with E-state index in [1.54, 1.807) is 24.3 Å². The van der Waals surface area contributed by atoms with Gasteiger partial charge in [-0.15, -0.1) is 0 Å². The van der Waals surface area contributed by atoms with Gasteiger partial charge in [0.25, 0.3) is 11.1 Å². The van der Waals surface area contributed by atoms with Gasteiger partial charge >= 0.3 is 0 Å². The van der Waals surface area contributed by atoms with Gasteiger partial charge in [-0.05, 0) is 53.7 Å². The lowest BCUT2D eigenvalue weighted by Crippen LogP contribution is -2.27. The minimum Gasteiger partial charge on any atom is -0.457 e. The van der Waals surface area contributed by atoms with Gasteiger partial charge in [-0.2, -0.15) is 0 Å². The molecule has 0 atom stereocenters. The summed E-state index contributed by atoms with van der Waals surface area (Å²) < 4.78 is 5.79. The summed E-state index contributed by atoms with van der Waals surface area (Å²) in [7, 11) is 0. The Morgan fingerprint density at radius 2 is 1.70 bits per heavy atom. The van der Waals surface area contributed by atoms with E-state index in [2.05, 4.69) is 0 Å². The molecule has 2 amide bonds. The first-order valence-corrected chi connectivity index (χ1v) is 9.45. The summed E-state index contributed by atoms with van der Waals surface area (Å²) >= 11 is 6.83. The molecule has 2 aromatic carbocycles. The number of carbonyl (C=O) groups is 2. The van der Waals surface area contributed by atoms with E-state index in [9.17, 15) is 9.59 Å². The lowest BCUT2D eigenvalue weighted by Gasteiger charge is -2.11. The van der Waals surface area contributed by atoms with Crippen molar-refractivity contribution in [2.75, 3.05) is 0 Å². The number of rotatable bonds is 4. The van der Waals surface area contributed by atoms with Crippen LogP contribution in [0.1, 0.15) is 11.3 Å². The van der Waals surface area contributed by atoms with E-state index in [4.69, 9.17) is 16.0 Å². The minimum atomic E-state index is -0.307. The maximum atomic E-state index is 12.6.